The van der Waals surface area contributed by atoms with Gasteiger partial charge in [0.05, 0.1) is 18.6 Å². The Morgan fingerprint density at radius 2 is 2.04 bits per heavy atom. The number of aryl methyl sites for hydroxylation is 2. The molecule has 28 heavy (non-hydrogen) atoms. The monoisotopic (exact) mass is 396 g/mol. The number of ether oxygens (including phenoxy) is 2. The van der Waals surface area contributed by atoms with E-state index in [9.17, 15) is 4.79 Å². The van der Waals surface area contributed by atoms with Gasteiger partial charge >= 0.3 is 0 Å². The first kappa shape index (κ1) is 18.7. The zero-order valence-electron chi connectivity index (χ0n) is 16.4. The molecule has 1 aromatic carbocycles. The van der Waals surface area contributed by atoms with Crippen molar-refractivity contribution in [3.05, 3.63) is 50.4 Å². The largest absolute Gasteiger partial charge is 0.493 e. The number of hydrogen-bond donors (Lipinski definition) is 1. The quantitative estimate of drug-likeness (QED) is 0.671. The van der Waals surface area contributed by atoms with Gasteiger partial charge in [0.1, 0.15) is 10.7 Å². The molecule has 5 nitrogen and oxygen atoms in total. The highest BCUT2D eigenvalue weighted by Gasteiger charge is 2.19. The minimum absolute atomic E-state index is 0.0233. The first-order valence-corrected chi connectivity index (χ1v) is 10.4. The number of benzene rings is 1. The van der Waals surface area contributed by atoms with Crippen LogP contribution in [0.4, 0.5) is 0 Å². The van der Waals surface area contributed by atoms with Crippen LogP contribution in [0.25, 0.3) is 22.4 Å². The van der Waals surface area contributed by atoms with Gasteiger partial charge in [-0.3, -0.25) is 4.79 Å². The molecule has 1 aliphatic carbocycles. The summed E-state index contributed by atoms with van der Waals surface area (Å²) in [5.41, 5.74) is 2.03. The fourth-order valence-electron chi connectivity index (χ4n) is 3.61. The van der Waals surface area contributed by atoms with Gasteiger partial charge < -0.3 is 14.5 Å². The van der Waals surface area contributed by atoms with E-state index in [2.05, 4.69) is 4.98 Å². The molecule has 0 spiro atoms. The van der Waals surface area contributed by atoms with E-state index in [1.807, 2.05) is 44.2 Å². The first-order valence-electron chi connectivity index (χ1n) is 9.63. The number of nitrogens with zero attached hydrogens (tertiary/aromatic N) is 1. The van der Waals surface area contributed by atoms with Gasteiger partial charge in [0.2, 0.25) is 0 Å². The Morgan fingerprint density at radius 1 is 1.21 bits per heavy atom. The predicted molar refractivity (Wildman–Crippen MR) is 115 cm³/mol. The topological polar surface area (TPSA) is 64.2 Å². The Kier molecular flexibility index (Phi) is 5.22. The van der Waals surface area contributed by atoms with Gasteiger partial charge in [-0.15, -0.1) is 11.3 Å². The summed E-state index contributed by atoms with van der Waals surface area (Å²) in [4.78, 5) is 22.5. The highest BCUT2D eigenvalue weighted by molar-refractivity contribution is 7.18. The Hall–Kier alpha value is -2.60. The normalized spacial score (nSPS) is 14.0. The third-order valence-corrected chi connectivity index (χ3v) is 6.03. The van der Waals surface area contributed by atoms with Gasteiger partial charge in [0.25, 0.3) is 5.56 Å². The number of rotatable bonds is 5. The average molecular weight is 397 g/mol. The van der Waals surface area contributed by atoms with Gasteiger partial charge in [0, 0.05) is 10.4 Å². The highest BCUT2D eigenvalue weighted by atomic mass is 32.1. The van der Waals surface area contributed by atoms with Gasteiger partial charge in [-0.25, -0.2) is 4.98 Å². The Balaban J connectivity index is 1.72. The maximum Gasteiger partial charge on any atom is 0.260 e. The van der Waals surface area contributed by atoms with E-state index in [0.29, 0.717) is 17.3 Å². The summed E-state index contributed by atoms with van der Waals surface area (Å²) in [5.74, 6) is 1.92. The second-order valence-corrected chi connectivity index (χ2v) is 8.30. The van der Waals surface area contributed by atoms with Crippen molar-refractivity contribution in [2.45, 2.75) is 45.6 Å². The van der Waals surface area contributed by atoms with Crippen LogP contribution >= 0.6 is 11.3 Å². The lowest BCUT2D eigenvalue weighted by Crippen LogP contribution is -2.11. The SMILES string of the molecule is COc1cccc(/C=C/c2nc3sc4c(c3c(=O)[nH]2)CCCC4)c1OC(C)C. The molecule has 0 unspecified atom stereocenters. The Labute approximate surface area is 168 Å². The van der Waals surface area contributed by atoms with E-state index >= 15 is 0 Å². The van der Waals surface area contributed by atoms with Gasteiger partial charge in [0.15, 0.2) is 11.5 Å². The molecule has 4 rings (SSSR count). The van der Waals surface area contributed by atoms with Crippen molar-refractivity contribution >= 4 is 33.7 Å². The van der Waals surface area contributed by atoms with E-state index in [1.165, 1.54) is 16.9 Å². The zero-order valence-corrected chi connectivity index (χ0v) is 17.2. The van der Waals surface area contributed by atoms with Crippen LogP contribution in [-0.2, 0) is 12.8 Å². The molecule has 0 amide bonds. The second kappa shape index (κ2) is 7.80. The maximum absolute atomic E-state index is 12.7. The average Bonchev–Trinajstić information content (AvgIpc) is 3.05. The molecule has 6 heteroatoms. The van der Waals surface area contributed by atoms with Gasteiger partial charge in [-0.1, -0.05) is 12.1 Å². The molecule has 2 aromatic heterocycles. The molecule has 1 N–H and O–H groups in total. The number of aromatic amines is 1. The fraction of sp³-hybridized carbons (Fsp3) is 0.364. The molecule has 0 aliphatic heterocycles. The van der Waals surface area contributed by atoms with Crippen LogP contribution in [0.2, 0.25) is 0 Å². The number of methoxy groups -OCH3 is 1. The van der Waals surface area contributed by atoms with Crippen molar-refractivity contribution in [1.82, 2.24) is 9.97 Å². The van der Waals surface area contributed by atoms with Crippen LogP contribution < -0.4 is 15.0 Å². The molecule has 2 heterocycles. The summed E-state index contributed by atoms with van der Waals surface area (Å²) in [6.45, 7) is 3.96. The van der Waals surface area contributed by atoms with Crippen LogP contribution in [0.1, 0.15) is 48.5 Å². The van der Waals surface area contributed by atoms with Crippen molar-refractivity contribution in [2.24, 2.45) is 0 Å². The van der Waals surface area contributed by atoms with Crippen molar-refractivity contribution < 1.29 is 9.47 Å². The number of hydrogen-bond acceptors (Lipinski definition) is 5. The summed E-state index contributed by atoms with van der Waals surface area (Å²) in [6, 6.07) is 5.74. The van der Waals surface area contributed by atoms with Crippen molar-refractivity contribution in [1.29, 1.82) is 0 Å². The number of thiophene rings is 1. The first-order chi connectivity index (χ1) is 13.6. The lowest BCUT2D eigenvalue weighted by molar-refractivity contribution is 0.229. The van der Waals surface area contributed by atoms with E-state index < -0.39 is 0 Å². The van der Waals surface area contributed by atoms with Gasteiger partial charge in [-0.05, 0) is 63.3 Å². The van der Waals surface area contributed by atoms with Crippen LogP contribution in [-0.4, -0.2) is 23.2 Å². The van der Waals surface area contributed by atoms with Gasteiger partial charge in [-0.2, -0.15) is 0 Å². The number of para-hydroxylation sites is 1. The molecule has 0 atom stereocenters. The van der Waals surface area contributed by atoms with Crippen LogP contribution in [0.15, 0.2) is 23.0 Å². The molecular weight excluding hydrogens is 372 g/mol. The Bertz CT molecular complexity index is 1100. The zero-order chi connectivity index (χ0) is 19.7. The molecular formula is C22H24N2O3S. The lowest BCUT2D eigenvalue weighted by Gasteiger charge is -2.15. The molecule has 0 fully saturated rings. The van der Waals surface area contributed by atoms with Crippen molar-refractivity contribution in [3.8, 4) is 11.5 Å². The third kappa shape index (κ3) is 3.56. The van der Waals surface area contributed by atoms with E-state index in [4.69, 9.17) is 14.5 Å². The summed E-state index contributed by atoms with van der Waals surface area (Å²) in [5, 5.41) is 0.780. The molecule has 0 saturated carbocycles. The minimum atomic E-state index is -0.0478. The molecule has 0 bridgehead atoms. The molecule has 146 valence electrons. The smallest absolute Gasteiger partial charge is 0.260 e. The van der Waals surface area contributed by atoms with E-state index in [1.54, 1.807) is 18.4 Å². The Morgan fingerprint density at radius 3 is 2.82 bits per heavy atom. The second-order valence-electron chi connectivity index (χ2n) is 7.22. The van der Waals surface area contributed by atoms with Crippen LogP contribution in [0.5, 0.6) is 11.5 Å². The summed E-state index contributed by atoms with van der Waals surface area (Å²) in [6.07, 6.45) is 8.12. The molecule has 0 saturated heterocycles. The summed E-state index contributed by atoms with van der Waals surface area (Å²) < 4.78 is 11.4. The minimum Gasteiger partial charge on any atom is -0.493 e. The van der Waals surface area contributed by atoms with Crippen molar-refractivity contribution in [2.75, 3.05) is 7.11 Å². The highest BCUT2D eigenvalue weighted by Crippen LogP contribution is 2.35. The van der Waals surface area contributed by atoms with Crippen LogP contribution in [0.3, 0.4) is 0 Å². The number of H-pyrrole nitrogens is 1. The van der Waals surface area contributed by atoms with E-state index in [-0.39, 0.29) is 11.7 Å². The molecule has 0 radical (unpaired) electrons. The van der Waals surface area contributed by atoms with Crippen molar-refractivity contribution in [3.63, 3.8) is 0 Å². The molecule has 1 aliphatic rings. The number of nitrogens with one attached hydrogen (secondary N) is 1. The fourth-order valence-corrected chi connectivity index (χ4v) is 4.88. The standard InChI is InChI=1S/C22H24N2O3S/c1-13(2)27-20-14(7-6-9-16(20)26-3)11-12-18-23-21(25)19-15-8-4-5-10-17(15)28-22(19)24-18/h6-7,9,11-13H,4-5,8,10H2,1-3H3,(H,23,24,25)/b12-11+. The maximum atomic E-state index is 12.7. The summed E-state index contributed by atoms with van der Waals surface area (Å²) >= 11 is 1.66. The number of fused-ring (bicyclic) bond motifs is 3. The third-order valence-electron chi connectivity index (χ3n) is 4.85. The molecule has 3 aromatic rings. The predicted octanol–water partition coefficient (Wildman–Crippen LogP) is 4.83. The number of aromatic nitrogens is 2. The van der Waals surface area contributed by atoms with E-state index in [0.717, 1.165) is 35.0 Å². The lowest BCUT2D eigenvalue weighted by atomic mass is 9.97. The summed E-state index contributed by atoms with van der Waals surface area (Å²) in [7, 11) is 1.63. The van der Waals surface area contributed by atoms with Crippen LogP contribution in [0, 0.1) is 0 Å².